The molecule has 2 N–H and O–H groups in total. The second-order valence-corrected chi connectivity index (χ2v) is 5.67. The van der Waals surface area contributed by atoms with Crippen LogP contribution in [-0.4, -0.2) is 67.6 Å². The maximum Gasteiger partial charge on any atom is 0.321 e. The summed E-state index contributed by atoms with van der Waals surface area (Å²) in [5.74, 6) is -1.16. The van der Waals surface area contributed by atoms with E-state index in [-0.39, 0.29) is 40.9 Å². The fourth-order valence-electron chi connectivity index (χ4n) is 1.88. The molecule has 132 valence electrons. The number of benzene rings is 1. The average molecular weight is 358 g/mol. The van der Waals surface area contributed by atoms with E-state index >= 15 is 0 Å². The Morgan fingerprint density at radius 3 is 2.38 bits per heavy atom. The predicted octanol–water partition coefficient (Wildman–Crippen LogP) is 1.99. The van der Waals surface area contributed by atoms with Crippen molar-refractivity contribution in [1.82, 2.24) is 9.80 Å². The van der Waals surface area contributed by atoms with Crippen LogP contribution in [0.25, 0.3) is 0 Å². The van der Waals surface area contributed by atoms with Gasteiger partial charge < -0.3 is 25.0 Å². The standard InChI is InChI=1S/C15H20ClN3O5/c1-18(2)14(22)10-7-9(16)8-11(13(10)24-4)17-15(23)19(3)6-5-12(20)21/h7-8H,5-6H2,1-4H3,(H,17,23)(H,20,21). The fraction of sp³-hybridized carbons (Fsp3) is 0.400. The van der Waals surface area contributed by atoms with Crippen LogP contribution in [0.2, 0.25) is 5.02 Å². The van der Waals surface area contributed by atoms with Crippen molar-refractivity contribution in [3.8, 4) is 5.75 Å². The third-order valence-corrected chi connectivity index (χ3v) is 3.36. The highest BCUT2D eigenvalue weighted by Crippen LogP contribution is 2.33. The van der Waals surface area contributed by atoms with Gasteiger partial charge in [-0.1, -0.05) is 11.6 Å². The third kappa shape index (κ3) is 5.02. The first-order chi connectivity index (χ1) is 11.2. The number of urea groups is 1. The monoisotopic (exact) mass is 357 g/mol. The number of carbonyl (C=O) groups is 3. The first kappa shape index (κ1) is 19.6. The Balaban J connectivity index is 3.08. The molecule has 3 amide bonds. The number of carboxylic acids is 1. The van der Waals surface area contributed by atoms with Crippen LogP contribution in [-0.2, 0) is 4.79 Å². The second-order valence-electron chi connectivity index (χ2n) is 5.23. The molecule has 1 aromatic rings. The second kappa shape index (κ2) is 8.39. The van der Waals surface area contributed by atoms with Crippen LogP contribution < -0.4 is 10.1 Å². The summed E-state index contributed by atoms with van der Waals surface area (Å²) in [5.41, 5.74) is 0.431. The van der Waals surface area contributed by atoms with Crippen LogP contribution in [0.1, 0.15) is 16.8 Å². The van der Waals surface area contributed by atoms with Crippen molar-refractivity contribution < 1.29 is 24.2 Å². The van der Waals surface area contributed by atoms with E-state index in [4.69, 9.17) is 21.4 Å². The van der Waals surface area contributed by atoms with E-state index in [2.05, 4.69) is 5.32 Å². The molecule has 0 atom stereocenters. The molecule has 0 aliphatic carbocycles. The number of halogens is 1. The van der Waals surface area contributed by atoms with E-state index in [1.807, 2.05) is 0 Å². The number of anilines is 1. The number of ether oxygens (including phenoxy) is 1. The molecule has 9 heteroatoms. The van der Waals surface area contributed by atoms with Crippen LogP contribution in [0, 0.1) is 0 Å². The molecule has 0 bridgehead atoms. The largest absolute Gasteiger partial charge is 0.494 e. The van der Waals surface area contributed by atoms with Gasteiger partial charge in [0, 0.05) is 32.7 Å². The van der Waals surface area contributed by atoms with Crippen molar-refractivity contribution in [3.63, 3.8) is 0 Å². The Bertz CT molecular complexity index is 648. The lowest BCUT2D eigenvalue weighted by Crippen LogP contribution is -2.33. The molecule has 0 heterocycles. The Morgan fingerprint density at radius 1 is 1.25 bits per heavy atom. The van der Waals surface area contributed by atoms with Gasteiger partial charge in [0.25, 0.3) is 5.91 Å². The van der Waals surface area contributed by atoms with Crippen LogP contribution in [0.15, 0.2) is 12.1 Å². The van der Waals surface area contributed by atoms with Crippen LogP contribution in [0.4, 0.5) is 10.5 Å². The summed E-state index contributed by atoms with van der Waals surface area (Å²) in [7, 11) is 6.00. The minimum Gasteiger partial charge on any atom is -0.494 e. The highest BCUT2D eigenvalue weighted by molar-refractivity contribution is 6.31. The van der Waals surface area contributed by atoms with Gasteiger partial charge in [0.05, 0.1) is 24.8 Å². The van der Waals surface area contributed by atoms with Crippen molar-refractivity contribution in [2.45, 2.75) is 6.42 Å². The molecule has 0 saturated carbocycles. The number of aliphatic carboxylic acids is 1. The van der Waals surface area contributed by atoms with E-state index in [9.17, 15) is 14.4 Å². The molecule has 24 heavy (non-hydrogen) atoms. The minimum absolute atomic E-state index is 0.0353. The van der Waals surface area contributed by atoms with Crippen molar-refractivity contribution in [2.24, 2.45) is 0 Å². The summed E-state index contributed by atoms with van der Waals surface area (Å²) in [6, 6.07) is 2.36. The Kier molecular flexibility index (Phi) is 6.84. The molecule has 0 unspecified atom stereocenters. The van der Waals surface area contributed by atoms with Crippen LogP contribution >= 0.6 is 11.6 Å². The SMILES string of the molecule is COc1c(NC(=O)N(C)CCC(=O)O)cc(Cl)cc1C(=O)N(C)C. The molecule has 0 fully saturated rings. The van der Waals surface area contributed by atoms with Gasteiger partial charge in [0.15, 0.2) is 5.75 Å². The van der Waals surface area contributed by atoms with Gasteiger partial charge in [-0.3, -0.25) is 9.59 Å². The summed E-state index contributed by atoms with van der Waals surface area (Å²) in [4.78, 5) is 37.5. The molecule has 0 radical (unpaired) electrons. The average Bonchev–Trinajstić information content (AvgIpc) is 2.50. The molecular formula is C15H20ClN3O5. The van der Waals surface area contributed by atoms with Gasteiger partial charge in [-0.25, -0.2) is 4.79 Å². The van der Waals surface area contributed by atoms with Gasteiger partial charge >= 0.3 is 12.0 Å². The first-order valence-electron chi connectivity index (χ1n) is 7.00. The number of methoxy groups -OCH3 is 1. The number of rotatable bonds is 6. The zero-order valence-corrected chi connectivity index (χ0v) is 14.7. The molecule has 0 aromatic heterocycles. The van der Waals surface area contributed by atoms with E-state index in [0.29, 0.717) is 0 Å². The number of carboxylic acid groups (broad SMARTS) is 1. The quantitative estimate of drug-likeness (QED) is 0.811. The molecule has 0 aliphatic heterocycles. The Labute approximate surface area is 144 Å². The van der Waals surface area contributed by atoms with Gasteiger partial charge in [-0.15, -0.1) is 0 Å². The molecule has 0 saturated heterocycles. The molecule has 0 spiro atoms. The van der Waals surface area contributed by atoms with Crippen molar-refractivity contribution in [2.75, 3.05) is 40.1 Å². The zero-order valence-electron chi connectivity index (χ0n) is 13.9. The molecule has 1 rings (SSSR count). The Morgan fingerprint density at radius 2 is 1.88 bits per heavy atom. The summed E-state index contributed by atoms with van der Waals surface area (Å²) in [5, 5.41) is 11.5. The van der Waals surface area contributed by atoms with Gasteiger partial charge in [0.1, 0.15) is 0 Å². The van der Waals surface area contributed by atoms with Crippen molar-refractivity contribution in [1.29, 1.82) is 0 Å². The predicted molar refractivity (Wildman–Crippen MR) is 89.9 cm³/mol. The lowest BCUT2D eigenvalue weighted by atomic mass is 10.1. The third-order valence-electron chi connectivity index (χ3n) is 3.14. The zero-order chi connectivity index (χ0) is 18.4. The number of hydrogen-bond acceptors (Lipinski definition) is 4. The highest BCUT2D eigenvalue weighted by Gasteiger charge is 2.21. The molecule has 8 nitrogen and oxygen atoms in total. The number of hydrogen-bond donors (Lipinski definition) is 2. The smallest absolute Gasteiger partial charge is 0.321 e. The van der Waals surface area contributed by atoms with Crippen LogP contribution in [0.5, 0.6) is 5.75 Å². The van der Waals surface area contributed by atoms with Gasteiger partial charge in [0.2, 0.25) is 0 Å². The van der Waals surface area contributed by atoms with E-state index in [0.717, 1.165) is 0 Å². The maximum atomic E-state index is 12.2. The Hall–Kier alpha value is -2.48. The first-order valence-corrected chi connectivity index (χ1v) is 7.38. The van der Waals surface area contributed by atoms with E-state index in [1.165, 1.54) is 36.1 Å². The summed E-state index contributed by atoms with van der Waals surface area (Å²) >= 11 is 6.02. The summed E-state index contributed by atoms with van der Waals surface area (Å²) in [6.45, 7) is 0.0353. The van der Waals surface area contributed by atoms with Crippen molar-refractivity contribution >= 4 is 35.2 Å². The van der Waals surface area contributed by atoms with Gasteiger partial charge in [-0.05, 0) is 12.1 Å². The lowest BCUT2D eigenvalue weighted by Gasteiger charge is -2.20. The summed E-state index contributed by atoms with van der Waals surface area (Å²) in [6.07, 6.45) is -0.180. The fourth-order valence-corrected chi connectivity index (χ4v) is 2.10. The van der Waals surface area contributed by atoms with Gasteiger partial charge in [-0.2, -0.15) is 0 Å². The highest BCUT2D eigenvalue weighted by atomic mass is 35.5. The lowest BCUT2D eigenvalue weighted by molar-refractivity contribution is -0.137. The number of nitrogens with zero attached hydrogens (tertiary/aromatic N) is 2. The summed E-state index contributed by atoms with van der Waals surface area (Å²) < 4.78 is 5.25. The van der Waals surface area contributed by atoms with E-state index < -0.39 is 12.0 Å². The number of amides is 3. The normalized spacial score (nSPS) is 10.0. The van der Waals surface area contributed by atoms with Crippen molar-refractivity contribution in [3.05, 3.63) is 22.7 Å². The minimum atomic E-state index is -1.01. The molecule has 0 aliphatic rings. The molecule has 1 aromatic carbocycles. The molecular weight excluding hydrogens is 338 g/mol. The van der Waals surface area contributed by atoms with E-state index in [1.54, 1.807) is 14.1 Å². The number of nitrogens with one attached hydrogen (secondary N) is 1. The number of carbonyl (C=O) groups excluding carboxylic acids is 2. The van der Waals surface area contributed by atoms with Crippen LogP contribution in [0.3, 0.4) is 0 Å². The maximum absolute atomic E-state index is 12.2. The topological polar surface area (TPSA) is 99.2 Å².